The van der Waals surface area contributed by atoms with Gasteiger partial charge in [0.15, 0.2) is 44.0 Å². The highest BCUT2D eigenvalue weighted by molar-refractivity contribution is 5.74. The summed E-state index contributed by atoms with van der Waals surface area (Å²) < 4.78 is 81.4. The van der Waals surface area contributed by atoms with Crippen LogP contribution in [0.5, 0.6) is 0 Å². The van der Waals surface area contributed by atoms with Crippen molar-refractivity contribution in [1.29, 1.82) is 0 Å². The second kappa shape index (κ2) is 36.5. The van der Waals surface area contributed by atoms with E-state index in [0.29, 0.717) is 0 Å². The standard InChI is InChI=1S/C54H93N3O41/c1-13(66)55-25-34(77)43(95-53-40(83)46(32(75)21(9-63)89-53)97-49-26(56-14(2)67)35(78)44(23(11-65)91-49)94-51-38(81)36(79)29(72)18(6-60)87-51)22(10-64)90-48(25)85-12-24-33(76)47(41(84)54(92-24)93-42(17(70)5-59)28(71)16(69)4-58)98-50-27(57-15(3)68)45(31(74)20(8-62)86-50)96-52-39(82)37(80)30(73)19(7-61)88-52/h16-54,58-65,69-84H,4-12H2,1-3H3,(H,55,66)(H,56,67)(H,57,68)/t16-,17+,18+,19+,20+,21+,22+,23+,24+,25+,26+,27+,28+,29-,30-,31+,32-,33-,34+,35+,36-,37-,38+,39+,40+,41+,42+,43+,44+,45+,46-,47-,48+,49-,50-,51-,52-,53-,54-/m0/s1. The van der Waals surface area contributed by atoms with E-state index in [2.05, 4.69) is 16.0 Å². The topological polar surface area (TPSA) is 702 Å². The van der Waals surface area contributed by atoms with Crippen molar-refractivity contribution < 1.29 is 203 Å². The highest BCUT2D eigenvalue weighted by Gasteiger charge is 2.59. The Kier molecular flexibility index (Phi) is 30.6. The number of aliphatic hydroxyl groups is 24. The minimum Gasteiger partial charge on any atom is -0.394 e. The molecule has 7 fully saturated rings. The van der Waals surface area contributed by atoms with Crippen molar-refractivity contribution in [2.45, 2.75) is 260 Å². The highest BCUT2D eigenvalue weighted by atomic mass is 16.8. The third kappa shape index (κ3) is 18.5. The Hall–Kier alpha value is -3.11. The van der Waals surface area contributed by atoms with Crippen LogP contribution in [0.2, 0.25) is 0 Å². The smallest absolute Gasteiger partial charge is 0.217 e. The summed E-state index contributed by atoms with van der Waals surface area (Å²) in [7, 11) is 0. The number of nitrogens with one attached hydrogen (secondary N) is 3. The van der Waals surface area contributed by atoms with E-state index in [-0.39, 0.29) is 0 Å². The molecule has 44 nitrogen and oxygen atoms in total. The van der Waals surface area contributed by atoms with Crippen molar-refractivity contribution in [2.24, 2.45) is 0 Å². The van der Waals surface area contributed by atoms with Crippen molar-refractivity contribution in [3.05, 3.63) is 0 Å². The predicted octanol–water partition coefficient (Wildman–Crippen LogP) is -18.4. The van der Waals surface area contributed by atoms with E-state index in [1.807, 2.05) is 0 Å². The van der Waals surface area contributed by atoms with Crippen LogP contribution in [-0.4, -0.2) is 439 Å². The molecule has 7 saturated heterocycles. The maximum atomic E-state index is 12.9. The molecule has 0 bridgehead atoms. The zero-order chi connectivity index (χ0) is 72.6. The van der Waals surface area contributed by atoms with E-state index in [1.54, 1.807) is 0 Å². The minimum atomic E-state index is -2.43. The van der Waals surface area contributed by atoms with Gasteiger partial charge < -0.3 is 205 Å². The summed E-state index contributed by atoms with van der Waals surface area (Å²) in [5.74, 6) is -2.73. The average Bonchev–Trinajstić information content (AvgIpc) is 0.776. The minimum absolute atomic E-state index is 0.873. The molecule has 39 atom stereocenters. The van der Waals surface area contributed by atoms with Crippen LogP contribution in [0, 0.1) is 0 Å². The number of rotatable bonds is 29. The maximum absolute atomic E-state index is 12.9. The van der Waals surface area contributed by atoms with Crippen LogP contribution in [0.3, 0.4) is 0 Å². The fraction of sp³-hybridized carbons (Fsp3) is 0.944. The highest BCUT2D eigenvalue weighted by Crippen LogP contribution is 2.38. The molecule has 570 valence electrons. The third-order valence-corrected chi connectivity index (χ3v) is 17.5. The van der Waals surface area contributed by atoms with Gasteiger partial charge in [-0.2, -0.15) is 0 Å². The van der Waals surface area contributed by atoms with E-state index in [1.165, 1.54) is 0 Å². The molecule has 0 aromatic heterocycles. The maximum Gasteiger partial charge on any atom is 0.217 e. The molecule has 0 aromatic carbocycles. The lowest BCUT2D eigenvalue weighted by Crippen LogP contribution is -2.70. The number of hydrogen-bond donors (Lipinski definition) is 27. The molecule has 7 heterocycles. The van der Waals surface area contributed by atoms with Gasteiger partial charge in [0.1, 0.15) is 195 Å². The van der Waals surface area contributed by atoms with Crippen molar-refractivity contribution in [3.8, 4) is 0 Å². The van der Waals surface area contributed by atoms with Gasteiger partial charge in [-0.25, -0.2) is 0 Å². The zero-order valence-electron chi connectivity index (χ0n) is 52.6. The lowest BCUT2D eigenvalue weighted by molar-refractivity contribution is -0.381. The average molecular weight is 1440 g/mol. The molecule has 0 unspecified atom stereocenters. The van der Waals surface area contributed by atoms with Gasteiger partial charge in [-0.1, -0.05) is 0 Å². The molecule has 3 amide bonds. The first kappa shape index (κ1) is 82.2. The van der Waals surface area contributed by atoms with Gasteiger partial charge in [0.25, 0.3) is 0 Å². The largest absolute Gasteiger partial charge is 0.394 e. The molecule has 0 saturated carbocycles. The molecule has 0 aromatic rings. The lowest BCUT2D eigenvalue weighted by Gasteiger charge is -2.50. The molecular weight excluding hydrogens is 1350 g/mol. The van der Waals surface area contributed by atoms with Crippen LogP contribution < -0.4 is 16.0 Å². The van der Waals surface area contributed by atoms with E-state index < -0.39 is 316 Å². The number of hydrogen-bond acceptors (Lipinski definition) is 41. The molecule has 7 aliphatic heterocycles. The molecule has 7 rings (SSSR count). The van der Waals surface area contributed by atoms with Crippen molar-refractivity contribution in [3.63, 3.8) is 0 Å². The molecule has 0 aliphatic carbocycles. The first-order chi connectivity index (χ1) is 46.3. The number of aliphatic hydroxyl groups excluding tert-OH is 24. The first-order valence-corrected chi connectivity index (χ1v) is 31.0. The number of carbonyl (C=O) groups excluding carboxylic acids is 3. The van der Waals surface area contributed by atoms with E-state index in [4.69, 9.17) is 66.3 Å². The summed E-state index contributed by atoms with van der Waals surface area (Å²) in [5.41, 5.74) is 0. The lowest BCUT2D eigenvalue weighted by atomic mass is 9.94. The van der Waals surface area contributed by atoms with Crippen molar-refractivity contribution >= 4 is 17.7 Å². The summed E-state index contributed by atoms with van der Waals surface area (Å²) in [6, 6.07) is -5.56. The molecule has 44 heteroatoms. The van der Waals surface area contributed by atoms with Gasteiger partial charge in [0.05, 0.1) is 59.5 Å². The Morgan fingerprint density at radius 1 is 0.327 bits per heavy atom. The molecule has 0 spiro atoms. The Morgan fingerprint density at radius 3 is 1.07 bits per heavy atom. The first-order valence-electron chi connectivity index (χ1n) is 31.0. The second-order valence-corrected chi connectivity index (χ2v) is 24.4. The van der Waals surface area contributed by atoms with Crippen molar-refractivity contribution in [2.75, 3.05) is 59.5 Å². The number of ether oxygens (including phenoxy) is 14. The Bertz CT molecular complexity index is 2460. The zero-order valence-corrected chi connectivity index (χ0v) is 52.6. The Morgan fingerprint density at radius 2 is 0.643 bits per heavy atom. The van der Waals surface area contributed by atoms with E-state index in [9.17, 15) is 137 Å². The Labute approximate surface area is 555 Å². The van der Waals surface area contributed by atoms with Crippen LogP contribution in [0.15, 0.2) is 0 Å². The van der Waals surface area contributed by atoms with Crippen LogP contribution in [0.4, 0.5) is 0 Å². The molecule has 98 heavy (non-hydrogen) atoms. The summed E-state index contributed by atoms with van der Waals surface area (Å²) in [5, 5.41) is 267. The van der Waals surface area contributed by atoms with Gasteiger partial charge in [-0.3, -0.25) is 14.4 Å². The normalized spacial score (nSPS) is 46.1. The molecule has 7 aliphatic rings. The predicted molar refractivity (Wildman–Crippen MR) is 301 cm³/mol. The van der Waals surface area contributed by atoms with Crippen molar-refractivity contribution in [1.82, 2.24) is 16.0 Å². The van der Waals surface area contributed by atoms with Crippen LogP contribution in [0.25, 0.3) is 0 Å². The quantitative estimate of drug-likeness (QED) is 0.0331. The van der Waals surface area contributed by atoms with Gasteiger partial charge in [0, 0.05) is 20.8 Å². The summed E-state index contributed by atoms with van der Waals surface area (Å²) in [4.78, 5) is 38.4. The third-order valence-electron chi connectivity index (χ3n) is 17.5. The van der Waals surface area contributed by atoms with E-state index >= 15 is 0 Å². The molecule has 27 N–H and O–H groups in total. The summed E-state index contributed by atoms with van der Waals surface area (Å²) in [6.45, 7) is -6.85. The number of amides is 3. The fourth-order valence-electron chi connectivity index (χ4n) is 12.2. The second-order valence-electron chi connectivity index (χ2n) is 24.4. The monoisotopic (exact) mass is 1440 g/mol. The number of carbonyl (C=O) groups is 3. The summed E-state index contributed by atoms with van der Waals surface area (Å²) >= 11 is 0. The summed E-state index contributed by atoms with van der Waals surface area (Å²) in [6.07, 6.45) is -73.2. The van der Waals surface area contributed by atoms with Crippen LogP contribution in [-0.2, 0) is 80.7 Å². The van der Waals surface area contributed by atoms with Gasteiger partial charge in [-0.05, 0) is 0 Å². The SMILES string of the molecule is CC(=O)N[C@H]1[C@H](O[C@H]2[C@@H](O)[C@@H](CO)O[C@@H](O[C@H]3[C@H](O)[C@@H](NC(C)=O)[C@H](OC[C@H]4O[C@@H](O[C@@H]([C@H](O)[C@@H](O)CO)[C@H](O)CO)[C@H](O)[C@@H](O[C@@H]5O[C@H](CO)[C@@H](O)[C@H](O[C@@H]6O[C@H](CO)[C@H](O)[C@H](O)[C@H]6O)[C@H]5NC(C)=O)[C@H]4O)O[C@@H]3CO)[C@@H]2O)O[C@H](CO)[C@@H](O[C@@H]2O[C@H](CO)[C@H](O)[C@H](O)[C@H]2O)[C@@H]1O. The Balaban J connectivity index is 1.14. The van der Waals surface area contributed by atoms with Gasteiger partial charge in [0.2, 0.25) is 17.7 Å². The molecular formula is C54H93N3O41. The van der Waals surface area contributed by atoms with Crippen LogP contribution in [0.1, 0.15) is 20.8 Å². The molecule has 0 radical (unpaired) electrons. The fourth-order valence-corrected chi connectivity index (χ4v) is 12.2. The van der Waals surface area contributed by atoms with Gasteiger partial charge >= 0.3 is 0 Å². The van der Waals surface area contributed by atoms with E-state index in [0.717, 1.165) is 20.8 Å². The van der Waals surface area contributed by atoms with Crippen LogP contribution >= 0.6 is 0 Å². The van der Waals surface area contributed by atoms with Gasteiger partial charge in [-0.15, -0.1) is 0 Å².